The van der Waals surface area contributed by atoms with Gasteiger partial charge >= 0.3 is 0 Å². The summed E-state index contributed by atoms with van der Waals surface area (Å²) in [6, 6.07) is 5.60. The number of aryl methyl sites for hydroxylation is 2. The fourth-order valence-electron chi connectivity index (χ4n) is 3.25. The van der Waals surface area contributed by atoms with E-state index in [0.717, 1.165) is 10.6 Å². The van der Waals surface area contributed by atoms with Gasteiger partial charge in [0.15, 0.2) is 11.5 Å². The van der Waals surface area contributed by atoms with Crippen LogP contribution in [0, 0.1) is 13.8 Å². The second-order valence-electron chi connectivity index (χ2n) is 6.49. The summed E-state index contributed by atoms with van der Waals surface area (Å²) in [5, 5.41) is 12.7. The van der Waals surface area contributed by atoms with E-state index in [-0.39, 0.29) is 29.7 Å². The van der Waals surface area contributed by atoms with Crippen LogP contribution in [0.25, 0.3) is 10.6 Å². The molecule has 0 aromatic carbocycles. The van der Waals surface area contributed by atoms with Crippen LogP contribution >= 0.6 is 11.3 Å². The van der Waals surface area contributed by atoms with Crippen LogP contribution in [0.5, 0.6) is 0 Å². The van der Waals surface area contributed by atoms with Crippen LogP contribution < -0.4 is 0 Å². The average Bonchev–Trinajstić information content (AvgIpc) is 3.42. The molecular weight excluding hydrogens is 402 g/mol. The number of hydrogen-bond donors (Lipinski definition) is 1. The predicted octanol–water partition coefficient (Wildman–Crippen LogP) is 1.89. The van der Waals surface area contributed by atoms with Crippen molar-refractivity contribution in [1.29, 1.82) is 0 Å². The van der Waals surface area contributed by atoms with Crippen LogP contribution in [0.4, 0.5) is 0 Å². The molecule has 1 aliphatic rings. The maximum absolute atomic E-state index is 12.9. The Labute approximate surface area is 166 Å². The van der Waals surface area contributed by atoms with Crippen LogP contribution in [0.1, 0.15) is 21.9 Å². The van der Waals surface area contributed by atoms with Crippen molar-refractivity contribution >= 4 is 27.3 Å². The van der Waals surface area contributed by atoms with Crippen molar-refractivity contribution < 1.29 is 17.7 Å². The quantitative estimate of drug-likeness (QED) is 0.688. The van der Waals surface area contributed by atoms with Gasteiger partial charge in [-0.25, -0.2) is 8.42 Å². The van der Waals surface area contributed by atoms with Crippen molar-refractivity contribution in [2.24, 2.45) is 0 Å². The van der Waals surface area contributed by atoms with Crippen molar-refractivity contribution in [2.75, 3.05) is 26.2 Å². The lowest BCUT2D eigenvalue weighted by Crippen LogP contribution is -2.50. The molecule has 3 aromatic rings. The summed E-state index contributed by atoms with van der Waals surface area (Å²) in [7, 11) is -3.70. The van der Waals surface area contributed by atoms with Crippen molar-refractivity contribution in [3.8, 4) is 10.6 Å². The second-order valence-corrected chi connectivity index (χ2v) is 9.32. The van der Waals surface area contributed by atoms with Gasteiger partial charge in [-0.3, -0.25) is 9.89 Å². The predicted molar refractivity (Wildman–Crippen MR) is 103 cm³/mol. The third-order valence-corrected chi connectivity index (χ3v) is 7.72. The highest BCUT2D eigenvalue weighted by Gasteiger charge is 2.34. The van der Waals surface area contributed by atoms with Crippen molar-refractivity contribution in [1.82, 2.24) is 24.6 Å². The minimum Gasteiger partial charge on any atom is -0.360 e. The summed E-state index contributed by atoms with van der Waals surface area (Å²) in [4.78, 5) is 15.5. The molecule has 4 heterocycles. The van der Waals surface area contributed by atoms with Gasteiger partial charge in [0.05, 0.1) is 10.6 Å². The molecule has 1 saturated heterocycles. The number of aromatic amines is 1. The summed E-state index contributed by atoms with van der Waals surface area (Å²) >= 11 is 1.56. The Morgan fingerprint density at radius 3 is 2.61 bits per heavy atom. The van der Waals surface area contributed by atoms with E-state index >= 15 is 0 Å². The van der Waals surface area contributed by atoms with Crippen LogP contribution in [0.2, 0.25) is 0 Å². The van der Waals surface area contributed by atoms with E-state index in [9.17, 15) is 13.2 Å². The number of carbonyl (C=O) groups is 1. The Balaban J connectivity index is 1.45. The van der Waals surface area contributed by atoms with Gasteiger partial charge in [0, 0.05) is 26.2 Å². The molecule has 28 heavy (non-hydrogen) atoms. The molecular formula is C17H19N5O4S2. The first-order valence-corrected chi connectivity index (χ1v) is 11.0. The van der Waals surface area contributed by atoms with E-state index in [2.05, 4.69) is 15.4 Å². The molecule has 9 nitrogen and oxygen atoms in total. The minimum atomic E-state index is -3.70. The molecule has 0 bridgehead atoms. The van der Waals surface area contributed by atoms with Crippen LogP contribution in [0.15, 0.2) is 33.0 Å². The lowest BCUT2D eigenvalue weighted by atomic mass is 10.2. The Morgan fingerprint density at radius 1 is 1.25 bits per heavy atom. The zero-order valence-electron chi connectivity index (χ0n) is 15.4. The van der Waals surface area contributed by atoms with E-state index in [1.54, 1.807) is 36.2 Å². The summed E-state index contributed by atoms with van der Waals surface area (Å²) in [5.41, 5.74) is 1.46. The highest BCUT2D eigenvalue weighted by molar-refractivity contribution is 7.89. The number of nitrogens with zero attached hydrogens (tertiary/aromatic N) is 4. The van der Waals surface area contributed by atoms with E-state index in [4.69, 9.17) is 4.52 Å². The number of amides is 1. The van der Waals surface area contributed by atoms with Crippen molar-refractivity contribution in [3.63, 3.8) is 0 Å². The summed E-state index contributed by atoms with van der Waals surface area (Å²) in [6.07, 6.45) is 0. The third kappa shape index (κ3) is 3.25. The van der Waals surface area contributed by atoms with Crippen molar-refractivity contribution in [2.45, 2.75) is 18.7 Å². The largest absolute Gasteiger partial charge is 0.360 e. The topological polar surface area (TPSA) is 112 Å². The summed E-state index contributed by atoms with van der Waals surface area (Å²) < 4.78 is 32.1. The third-order valence-electron chi connectivity index (χ3n) is 4.68. The number of carbonyl (C=O) groups excluding carboxylic acids is 1. The molecule has 1 amide bonds. The van der Waals surface area contributed by atoms with E-state index in [1.165, 1.54) is 4.31 Å². The Morgan fingerprint density at radius 2 is 2.00 bits per heavy atom. The maximum Gasteiger partial charge on any atom is 0.274 e. The van der Waals surface area contributed by atoms with Gasteiger partial charge in [-0.1, -0.05) is 11.2 Å². The molecule has 0 atom stereocenters. The lowest BCUT2D eigenvalue weighted by molar-refractivity contribution is 0.0692. The molecule has 11 heteroatoms. The first-order chi connectivity index (χ1) is 13.4. The van der Waals surface area contributed by atoms with Gasteiger partial charge in [-0.15, -0.1) is 11.3 Å². The van der Waals surface area contributed by atoms with E-state index in [1.807, 2.05) is 17.5 Å². The van der Waals surface area contributed by atoms with Gasteiger partial charge in [-0.2, -0.15) is 9.40 Å². The van der Waals surface area contributed by atoms with E-state index < -0.39 is 10.0 Å². The molecule has 1 aliphatic heterocycles. The normalized spacial score (nSPS) is 15.9. The smallest absolute Gasteiger partial charge is 0.274 e. The first-order valence-electron chi connectivity index (χ1n) is 8.69. The Kier molecular flexibility index (Phi) is 4.81. The van der Waals surface area contributed by atoms with Gasteiger partial charge in [-0.05, 0) is 31.4 Å². The number of rotatable bonds is 4. The fourth-order valence-corrected chi connectivity index (χ4v) is 5.66. The summed E-state index contributed by atoms with van der Waals surface area (Å²) in [6.45, 7) is 4.19. The van der Waals surface area contributed by atoms with Crippen LogP contribution in [0.3, 0.4) is 0 Å². The molecule has 0 spiro atoms. The minimum absolute atomic E-state index is 0.111. The zero-order valence-corrected chi connectivity index (χ0v) is 17.0. The maximum atomic E-state index is 12.9. The number of piperazine rings is 1. The molecule has 0 aliphatic carbocycles. The molecule has 0 unspecified atom stereocenters. The van der Waals surface area contributed by atoms with Gasteiger partial charge in [0.2, 0.25) is 10.0 Å². The number of nitrogens with one attached hydrogen (secondary N) is 1. The standard InChI is InChI=1S/C17H19N5O4S2/c1-11-16(12(2)26-20-11)28(24,25)22-7-5-21(6-8-22)17(23)14-10-13(18-19-14)15-4-3-9-27-15/h3-4,9-10H,5-8H2,1-2H3,(H,18,19). The molecule has 0 radical (unpaired) electrons. The number of sulfonamides is 1. The molecule has 148 valence electrons. The second kappa shape index (κ2) is 7.15. The van der Waals surface area contributed by atoms with Gasteiger partial charge in [0.25, 0.3) is 5.91 Å². The van der Waals surface area contributed by atoms with Gasteiger partial charge < -0.3 is 9.42 Å². The molecule has 1 N–H and O–H groups in total. The SMILES string of the molecule is Cc1noc(C)c1S(=O)(=O)N1CCN(C(=O)c2cc(-c3cccs3)[nH]n2)CC1. The monoisotopic (exact) mass is 421 g/mol. The number of H-pyrrole nitrogens is 1. The fraction of sp³-hybridized carbons (Fsp3) is 0.353. The summed E-state index contributed by atoms with van der Waals surface area (Å²) in [5.74, 6) is 0.0575. The molecule has 4 rings (SSSR count). The number of aromatic nitrogens is 3. The first kappa shape index (κ1) is 18.8. The number of hydrogen-bond acceptors (Lipinski definition) is 7. The number of thiophene rings is 1. The highest BCUT2D eigenvalue weighted by Crippen LogP contribution is 2.25. The van der Waals surface area contributed by atoms with Crippen LogP contribution in [-0.2, 0) is 10.0 Å². The zero-order chi connectivity index (χ0) is 19.9. The Hall–Kier alpha value is -2.50. The Bertz CT molecular complexity index is 1070. The lowest BCUT2D eigenvalue weighted by Gasteiger charge is -2.33. The average molecular weight is 422 g/mol. The molecule has 3 aromatic heterocycles. The highest BCUT2D eigenvalue weighted by atomic mass is 32.2. The van der Waals surface area contributed by atoms with Crippen LogP contribution in [-0.4, -0.2) is 65.1 Å². The molecule has 1 fully saturated rings. The van der Waals surface area contributed by atoms with Crippen molar-refractivity contribution in [3.05, 3.63) is 40.7 Å². The van der Waals surface area contributed by atoms with E-state index in [0.29, 0.717) is 24.5 Å². The molecule has 0 saturated carbocycles. The van der Waals surface area contributed by atoms with Gasteiger partial charge in [0.1, 0.15) is 10.6 Å².